The molecule has 0 saturated heterocycles. The largest absolute Gasteiger partial charge is 0.324 e. The molecule has 1 atom stereocenters. The molecule has 1 aromatic heterocycles. The predicted molar refractivity (Wildman–Crippen MR) is 80.1 cm³/mol. The highest BCUT2D eigenvalue weighted by atomic mass is 35.5. The maximum atomic E-state index is 6.26. The average Bonchev–Trinajstić information content (AvgIpc) is 2.69. The number of thiophene rings is 1. The molecular weight excluding hydrogens is 250 g/mol. The van der Waals surface area contributed by atoms with E-state index in [0.717, 1.165) is 12.3 Å². The Morgan fingerprint density at radius 1 is 1.18 bits per heavy atom. The summed E-state index contributed by atoms with van der Waals surface area (Å²) >= 11 is 1.80. The Morgan fingerprint density at radius 2 is 1.88 bits per heavy atom. The average molecular weight is 270 g/mol. The van der Waals surface area contributed by atoms with Crippen LogP contribution in [0, 0.1) is 5.92 Å². The van der Waals surface area contributed by atoms with Gasteiger partial charge in [0.2, 0.25) is 0 Å². The van der Waals surface area contributed by atoms with Crippen LogP contribution in [-0.4, -0.2) is 0 Å². The van der Waals surface area contributed by atoms with Crippen molar-refractivity contribution in [3.05, 3.63) is 35.2 Å². The molecule has 2 rings (SSSR count). The van der Waals surface area contributed by atoms with Gasteiger partial charge in [-0.05, 0) is 41.2 Å². The summed E-state index contributed by atoms with van der Waals surface area (Å²) < 4.78 is 1.34. The molecule has 2 N–H and O–H groups in total. The minimum Gasteiger partial charge on any atom is -0.324 e. The van der Waals surface area contributed by atoms with Gasteiger partial charge >= 0.3 is 0 Å². The zero-order valence-electron chi connectivity index (χ0n) is 10.3. The molecule has 0 fully saturated rings. The fourth-order valence-electron chi connectivity index (χ4n) is 1.95. The molecule has 0 saturated carbocycles. The second kappa shape index (κ2) is 6.39. The van der Waals surface area contributed by atoms with Gasteiger partial charge < -0.3 is 5.73 Å². The fraction of sp³-hybridized carbons (Fsp3) is 0.429. The molecule has 3 heteroatoms. The van der Waals surface area contributed by atoms with Crippen molar-refractivity contribution in [1.29, 1.82) is 0 Å². The quantitative estimate of drug-likeness (QED) is 0.851. The summed E-state index contributed by atoms with van der Waals surface area (Å²) in [7, 11) is 0. The van der Waals surface area contributed by atoms with Gasteiger partial charge in [0.25, 0.3) is 0 Å². The Balaban J connectivity index is 0.00000144. The fourth-order valence-corrected chi connectivity index (χ4v) is 2.98. The molecule has 17 heavy (non-hydrogen) atoms. The van der Waals surface area contributed by atoms with Crippen LogP contribution in [0.4, 0.5) is 0 Å². The number of fused-ring (bicyclic) bond motifs is 1. The van der Waals surface area contributed by atoms with E-state index in [-0.39, 0.29) is 18.4 Å². The van der Waals surface area contributed by atoms with Crippen LogP contribution < -0.4 is 5.73 Å². The summed E-state index contributed by atoms with van der Waals surface area (Å²) in [6.45, 7) is 4.50. The summed E-state index contributed by atoms with van der Waals surface area (Å²) in [5.74, 6) is 0.732. The predicted octanol–water partition coefficient (Wildman–Crippen LogP) is 4.76. The van der Waals surface area contributed by atoms with Crippen molar-refractivity contribution in [2.75, 3.05) is 0 Å². The van der Waals surface area contributed by atoms with E-state index < -0.39 is 0 Å². The summed E-state index contributed by atoms with van der Waals surface area (Å²) in [5.41, 5.74) is 7.58. The summed E-state index contributed by atoms with van der Waals surface area (Å²) in [4.78, 5) is 0. The lowest BCUT2D eigenvalue weighted by Gasteiger charge is -2.12. The van der Waals surface area contributed by atoms with Gasteiger partial charge in [0.15, 0.2) is 0 Å². The van der Waals surface area contributed by atoms with E-state index in [1.165, 1.54) is 22.1 Å². The van der Waals surface area contributed by atoms with Crippen LogP contribution in [0.1, 0.15) is 38.3 Å². The molecule has 1 aromatic carbocycles. The second-order valence-electron chi connectivity index (χ2n) is 4.76. The highest BCUT2D eigenvalue weighted by molar-refractivity contribution is 7.17. The highest BCUT2D eigenvalue weighted by Crippen LogP contribution is 2.31. The molecule has 0 aliphatic rings. The lowest BCUT2D eigenvalue weighted by atomic mass is 9.98. The van der Waals surface area contributed by atoms with Crippen molar-refractivity contribution < 1.29 is 0 Å². The van der Waals surface area contributed by atoms with Crippen molar-refractivity contribution >= 4 is 33.8 Å². The van der Waals surface area contributed by atoms with Crippen LogP contribution in [0.2, 0.25) is 0 Å². The molecule has 0 amide bonds. The summed E-state index contributed by atoms with van der Waals surface area (Å²) in [6, 6.07) is 8.71. The van der Waals surface area contributed by atoms with Crippen molar-refractivity contribution in [1.82, 2.24) is 0 Å². The van der Waals surface area contributed by atoms with Gasteiger partial charge in [-0.15, -0.1) is 23.7 Å². The summed E-state index contributed by atoms with van der Waals surface area (Å²) in [5, 5.41) is 3.55. The zero-order valence-corrected chi connectivity index (χ0v) is 12.0. The van der Waals surface area contributed by atoms with Gasteiger partial charge in [-0.1, -0.05) is 32.0 Å². The van der Waals surface area contributed by atoms with Crippen molar-refractivity contribution in [2.45, 2.75) is 32.7 Å². The molecule has 94 valence electrons. The van der Waals surface area contributed by atoms with Crippen LogP contribution >= 0.6 is 23.7 Å². The highest BCUT2D eigenvalue weighted by Gasteiger charge is 2.11. The van der Waals surface area contributed by atoms with Crippen molar-refractivity contribution in [3.8, 4) is 0 Å². The van der Waals surface area contributed by atoms with Crippen molar-refractivity contribution in [2.24, 2.45) is 11.7 Å². The Kier molecular flexibility index (Phi) is 5.44. The number of rotatable bonds is 4. The Labute approximate surface area is 113 Å². The van der Waals surface area contributed by atoms with Gasteiger partial charge in [-0.2, -0.15) is 0 Å². The van der Waals surface area contributed by atoms with Crippen LogP contribution in [0.25, 0.3) is 10.1 Å². The molecule has 0 radical (unpaired) electrons. The van der Waals surface area contributed by atoms with Crippen LogP contribution in [0.5, 0.6) is 0 Å². The number of halogens is 1. The van der Waals surface area contributed by atoms with Gasteiger partial charge in [-0.3, -0.25) is 0 Å². The number of hydrogen-bond donors (Lipinski definition) is 1. The molecule has 0 aliphatic carbocycles. The first-order chi connectivity index (χ1) is 7.68. The smallest absolute Gasteiger partial charge is 0.0346 e. The van der Waals surface area contributed by atoms with Crippen molar-refractivity contribution in [3.63, 3.8) is 0 Å². The standard InChI is InChI=1S/C14H19NS.ClH/c1-10(2)7-8-13(15)12-9-16-14-6-4-3-5-11(12)14;/h3-6,9-10,13H,7-8,15H2,1-2H3;1H/t13-;/m0./s1. The lowest BCUT2D eigenvalue weighted by Crippen LogP contribution is -2.10. The van der Waals surface area contributed by atoms with Gasteiger partial charge in [0.05, 0.1) is 0 Å². The maximum Gasteiger partial charge on any atom is 0.0346 e. The SMILES string of the molecule is CC(C)CC[C@H](N)c1csc2ccccc12.Cl. The van der Waals surface area contributed by atoms with E-state index in [4.69, 9.17) is 5.73 Å². The third-order valence-electron chi connectivity index (χ3n) is 2.97. The van der Waals surface area contributed by atoms with E-state index in [0.29, 0.717) is 0 Å². The van der Waals surface area contributed by atoms with E-state index >= 15 is 0 Å². The van der Waals surface area contributed by atoms with Gasteiger partial charge in [0.1, 0.15) is 0 Å². The molecular formula is C14H20ClNS. The topological polar surface area (TPSA) is 26.0 Å². The summed E-state index contributed by atoms with van der Waals surface area (Å²) in [6.07, 6.45) is 2.28. The number of hydrogen-bond acceptors (Lipinski definition) is 2. The van der Waals surface area contributed by atoms with Crippen LogP contribution in [-0.2, 0) is 0 Å². The minimum atomic E-state index is 0. The van der Waals surface area contributed by atoms with Crippen LogP contribution in [0.3, 0.4) is 0 Å². The zero-order chi connectivity index (χ0) is 11.5. The van der Waals surface area contributed by atoms with Gasteiger partial charge in [-0.25, -0.2) is 0 Å². The number of benzene rings is 1. The number of nitrogens with two attached hydrogens (primary N) is 1. The molecule has 0 spiro atoms. The molecule has 0 aliphatic heterocycles. The first-order valence-corrected chi connectivity index (χ1v) is 6.78. The lowest BCUT2D eigenvalue weighted by molar-refractivity contribution is 0.509. The Morgan fingerprint density at radius 3 is 2.59 bits per heavy atom. The first kappa shape index (κ1) is 14.5. The van der Waals surface area contributed by atoms with Crippen LogP contribution in [0.15, 0.2) is 29.6 Å². The first-order valence-electron chi connectivity index (χ1n) is 5.90. The molecule has 1 heterocycles. The van der Waals surface area contributed by atoms with E-state index in [9.17, 15) is 0 Å². The van der Waals surface area contributed by atoms with E-state index in [1.54, 1.807) is 11.3 Å². The second-order valence-corrected chi connectivity index (χ2v) is 5.68. The third kappa shape index (κ3) is 3.44. The van der Waals surface area contributed by atoms with E-state index in [2.05, 4.69) is 43.5 Å². The maximum absolute atomic E-state index is 6.26. The third-order valence-corrected chi connectivity index (χ3v) is 3.95. The minimum absolute atomic E-state index is 0. The van der Waals surface area contributed by atoms with E-state index in [1.807, 2.05) is 0 Å². The Bertz CT molecular complexity index is 464. The normalized spacial score (nSPS) is 12.7. The molecule has 1 nitrogen and oxygen atoms in total. The molecule has 0 unspecified atom stereocenters. The Hall–Kier alpha value is -0.570. The molecule has 0 bridgehead atoms. The monoisotopic (exact) mass is 269 g/mol. The van der Waals surface area contributed by atoms with Gasteiger partial charge in [0, 0.05) is 10.7 Å². The molecule has 2 aromatic rings.